The summed E-state index contributed by atoms with van der Waals surface area (Å²) < 4.78 is 5.15. The lowest BCUT2D eigenvalue weighted by Crippen LogP contribution is -2.28. The third kappa shape index (κ3) is 4.05. The lowest BCUT2D eigenvalue weighted by Gasteiger charge is -2.24. The summed E-state index contributed by atoms with van der Waals surface area (Å²) in [6, 6.07) is 5.84. The summed E-state index contributed by atoms with van der Waals surface area (Å²) in [5.74, 6) is 4.15. The molecule has 0 aliphatic carbocycles. The van der Waals surface area contributed by atoms with Crippen LogP contribution in [0.25, 0.3) is 0 Å². The number of hydrogen-bond acceptors (Lipinski definition) is 4. The Morgan fingerprint density at radius 1 is 1.42 bits per heavy atom. The van der Waals surface area contributed by atoms with Crippen LogP contribution in [0, 0.1) is 5.92 Å². The summed E-state index contributed by atoms with van der Waals surface area (Å²) in [5.41, 5.74) is 1.15. The third-order valence-electron chi connectivity index (χ3n) is 3.76. The topological polar surface area (TPSA) is 41.5 Å². The van der Waals surface area contributed by atoms with Crippen molar-refractivity contribution < 1.29 is 9.84 Å². The van der Waals surface area contributed by atoms with Gasteiger partial charge in [0, 0.05) is 6.04 Å². The average molecular weight is 281 g/mol. The van der Waals surface area contributed by atoms with E-state index in [0.717, 1.165) is 18.0 Å². The Kier molecular flexibility index (Phi) is 5.40. The van der Waals surface area contributed by atoms with Gasteiger partial charge in [0.2, 0.25) is 0 Å². The molecule has 2 rings (SSSR count). The van der Waals surface area contributed by atoms with Gasteiger partial charge in [-0.25, -0.2) is 0 Å². The smallest absolute Gasteiger partial charge is 0.160 e. The van der Waals surface area contributed by atoms with Crippen molar-refractivity contribution in [2.75, 3.05) is 25.2 Å². The van der Waals surface area contributed by atoms with Crippen molar-refractivity contribution in [3.05, 3.63) is 23.8 Å². The second-order valence-corrected chi connectivity index (χ2v) is 6.34. The van der Waals surface area contributed by atoms with Gasteiger partial charge in [-0.15, -0.1) is 0 Å². The second kappa shape index (κ2) is 7.06. The fourth-order valence-electron chi connectivity index (χ4n) is 2.38. The Morgan fingerprint density at radius 2 is 2.16 bits per heavy atom. The predicted octanol–water partition coefficient (Wildman–Crippen LogP) is 3.19. The first-order valence-corrected chi connectivity index (χ1v) is 8.04. The number of nitrogens with one attached hydrogen (secondary N) is 1. The number of thioether (sulfide) groups is 1. The van der Waals surface area contributed by atoms with Crippen molar-refractivity contribution in [3.63, 3.8) is 0 Å². The number of aromatic hydroxyl groups is 1. The highest BCUT2D eigenvalue weighted by Gasteiger charge is 2.15. The van der Waals surface area contributed by atoms with E-state index in [1.807, 2.05) is 12.1 Å². The van der Waals surface area contributed by atoms with E-state index in [-0.39, 0.29) is 11.8 Å². The Balaban J connectivity index is 1.89. The van der Waals surface area contributed by atoms with Crippen molar-refractivity contribution in [3.8, 4) is 11.5 Å². The standard InChI is InChI=1S/C15H23NO2S/c1-11(16-10-12-5-7-19-8-6-12)13-3-4-14(17)15(9-13)18-2/h3-4,9,11-12,16-17H,5-8,10H2,1-2H3. The minimum Gasteiger partial charge on any atom is -0.504 e. The summed E-state index contributed by atoms with van der Waals surface area (Å²) in [7, 11) is 1.58. The highest BCUT2D eigenvalue weighted by Crippen LogP contribution is 2.29. The number of hydrogen-bond donors (Lipinski definition) is 2. The first kappa shape index (κ1) is 14.5. The fourth-order valence-corrected chi connectivity index (χ4v) is 3.58. The highest BCUT2D eigenvalue weighted by atomic mass is 32.2. The maximum Gasteiger partial charge on any atom is 0.160 e. The van der Waals surface area contributed by atoms with Gasteiger partial charge in [-0.3, -0.25) is 0 Å². The molecule has 1 aromatic carbocycles. The zero-order valence-corrected chi connectivity index (χ0v) is 12.5. The maximum absolute atomic E-state index is 9.60. The number of rotatable bonds is 5. The van der Waals surface area contributed by atoms with Crippen molar-refractivity contribution >= 4 is 11.8 Å². The molecule has 0 bridgehead atoms. The molecule has 0 radical (unpaired) electrons. The summed E-state index contributed by atoms with van der Waals surface area (Å²) in [6.45, 7) is 3.23. The van der Waals surface area contributed by atoms with Gasteiger partial charge in [0.25, 0.3) is 0 Å². The molecule has 0 spiro atoms. The van der Waals surface area contributed by atoms with Gasteiger partial charge in [0.15, 0.2) is 11.5 Å². The van der Waals surface area contributed by atoms with E-state index in [1.54, 1.807) is 13.2 Å². The molecule has 106 valence electrons. The van der Waals surface area contributed by atoms with Crippen LogP contribution in [0.3, 0.4) is 0 Å². The van der Waals surface area contributed by atoms with Gasteiger partial charge in [-0.05, 0) is 61.4 Å². The van der Waals surface area contributed by atoms with E-state index in [4.69, 9.17) is 4.74 Å². The first-order chi connectivity index (χ1) is 9.20. The summed E-state index contributed by atoms with van der Waals surface area (Å²) >= 11 is 2.06. The van der Waals surface area contributed by atoms with Crippen LogP contribution in [0.5, 0.6) is 11.5 Å². The molecular weight excluding hydrogens is 258 g/mol. The predicted molar refractivity (Wildman–Crippen MR) is 81.1 cm³/mol. The Hall–Kier alpha value is -0.870. The average Bonchev–Trinajstić information content (AvgIpc) is 2.46. The van der Waals surface area contributed by atoms with Gasteiger partial charge in [0.05, 0.1) is 7.11 Å². The van der Waals surface area contributed by atoms with E-state index in [9.17, 15) is 5.11 Å². The summed E-state index contributed by atoms with van der Waals surface area (Å²) in [5, 5.41) is 13.2. The van der Waals surface area contributed by atoms with Crippen LogP contribution < -0.4 is 10.1 Å². The SMILES string of the molecule is COc1cc(C(C)NCC2CCSCC2)ccc1O. The van der Waals surface area contributed by atoms with Gasteiger partial charge < -0.3 is 15.2 Å². The molecule has 3 nitrogen and oxygen atoms in total. The van der Waals surface area contributed by atoms with E-state index >= 15 is 0 Å². The largest absolute Gasteiger partial charge is 0.504 e. The second-order valence-electron chi connectivity index (χ2n) is 5.12. The molecule has 19 heavy (non-hydrogen) atoms. The van der Waals surface area contributed by atoms with Crippen LogP contribution in [0.2, 0.25) is 0 Å². The highest BCUT2D eigenvalue weighted by molar-refractivity contribution is 7.99. The van der Waals surface area contributed by atoms with Crippen LogP contribution in [0.15, 0.2) is 18.2 Å². The van der Waals surface area contributed by atoms with Crippen LogP contribution in [0.1, 0.15) is 31.4 Å². The van der Waals surface area contributed by atoms with E-state index in [2.05, 4.69) is 24.0 Å². The zero-order valence-electron chi connectivity index (χ0n) is 11.7. The molecule has 0 amide bonds. The van der Waals surface area contributed by atoms with Gasteiger partial charge in [0.1, 0.15) is 0 Å². The summed E-state index contributed by atoms with van der Waals surface area (Å²) in [4.78, 5) is 0. The summed E-state index contributed by atoms with van der Waals surface area (Å²) in [6.07, 6.45) is 2.65. The van der Waals surface area contributed by atoms with Crippen LogP contribution in [-0.2, 0) is 0 Å². The zero-order chi connectivity index (χ0) is 13.7. The Morgan fingerprint density at radius 3 is 2.84 bits per heavy atom. The number of phenolic OH excluding ortho intramolecular Hbond substituents is 1. The van der Waals surface area contributed by atoms with E-state index in [0.29, 0.717) is 5.75 Å². The van der Waals surface area contributed by atoms with Crippen LogP contribution in [0.4, 0.5) is 0 Å². The first-order valence-electron chi connectivity index (χ1n) is 6.88. The molecular formula is C15H23NO2S. The number of ether oxygens (including phenoxy) is 1. The molecule has 1 unspecified atom stereocenters. The normalized spacial score (nSPS) is 18.2. The van der Waals surface area contributed by atoms with Crippen molar-refractivity contribution in [1.29, 1.82) is 0 Å². The molecule has 1 aliphatic heterocycles. The molecule has 1 atom stereocenters. The molecule has 0 saturated carbocycles. The monoisotopic (exact) mass is 281 g/mol. The van der Waals surface area contributed by atoms with E-state index in [1.165, 1.54) is 24.3 Å². The molecule has 2 N–H and O–H groups in total. The molecule has 4 heteroatoms. The minimum absolute atomic E-state index is 0.197. The van der Waals surface area contributed by atoms with Gasteiger partial charge in [-0.2, -0.15) is 11.8 Å². The fraction of sp³-hybridized carbons (Fsp3) is 0.600. The van der Waals surface area contributed by atoms with Crippen molar-refractivity contribution in [2.24, 2.45) is 5.92 Å². The number of phenols is 1. The van der Waals surface area contributed by atoms with Crippen LogP contribution >= 0.6 is 11.8 Å². The molecule has 1 heterocycles. The molecule has 1 fully saturated rings. The Labute approximate surface area is 119 Å². The van der Waals surface area contributed by atoms with Gasteiger partial charge in [-0.1, -0.05) is 6.07 Å². The molecule has 1 aromatic rings. The minimum atomic E-state index is 0.197. The number of benzene rings is 1. The van der Waals surface area contributed by atoms with Gasteiger partial charge >= 0.3 is 0 Å². The Bertz CT molecular complexity index is 405. The molecule has 1 aliphatic rings. The van der Waals surface area contributed by atoms with Crippen molar-refractivity contribution in [1.82, 2.24) is 5.32 Å². The third-order valence-corrected chi connectivity index (χ3v) is 4.81. The lowest BCUT2D eigenvalue weighted by molar-refractivity contribution is 0.371. The maximum atomic E-state index is 9.60. The molecule has 1 saturated heterocycles. The lowest BCUT2D eigenvalue weighted by atomic mass is 10.0. The number of methoxy groups -OCH3 is 1. The van der Waals surface area contributed by atoms with Crippen molar-refractivity contribution in [2.45, 2.75) is 25.8 Å². The quantitative estimate of drug-likeness (QED) is 0.869. The molecule has 0 aromatic heterocycles. The van der Waals surface area contributed by atoms with Crippen LogP contribution in [-0.4, -0.2) is 30.3 Å². The van der Waals surface area contributed by atoms with E-state index < -0.39 is 0 Å².